The van der Waals surface area contributed by atoms with Crippen LogP contribution in [-0.4, -0.2) is 35.3 Å². The lowest BCUT2D eigenvalue weighted by molar-refractivity contribution is -0.137. The Labute approximate surface area is 118 Å². The van der Waals surface area contributed by atoms with Crippen molar-refractivity contribution in [2.45, 2.75) is 50.1 Å². The van der Waals surface area contributed by atoms with Gasteiger partial charge in [0.05, 0.1) is 6.20 Å². The van der Waals surface area contributed by atoms with Crippen LogP contribution < -0.4 is 4.72 Å². The van der Waals surface area contributed by atoms with Crippen molar-refractivity contribution in [3.05, 3.63) is 12.4 Å². The molecule has 1 atom stereocenters. The molecule has 0 spiro atoms. The Morgan fingerprint density at radius 2 is 2.20 bits per heavy atom. The van der Waals surface area contributed by atoms with Gasteiger partial charge in [0.15, 0.2) is 0 Å². The Hall–Kier alpha value is -1.41. The third-order valence-electron chi connectivity index (χ3n) is 3.67. The quantitative estimate of drug-likeness (QED) is 0.810. The van der Waals surface area contributed by atoms with E-state index in [1.165, 1.54) is 12.4 Å². The minimum Gasteiger partial charge on any atom is -0.480 e. The van der Waals surface area contributed by atoms with Crippen molar-refractivity contribution in [1.82, 2.24) is 14.5 Å². The second kappa shape index (κ2) is 5.92. The second-order valence-electron chi connectivity index (χ2n) is 5.22. The summed E-state index contributed by atoms with van der Waals surface area (Å²) in [6.45, 7) is 1.52. The Balaban J connectivity index is 2.05. The van der Waals surface area contributed by atoms with E-state index in [1.54, 1.807) is 0 Å². The lowest BCUT2D eigenvalue weighted by Gasteiger charge is -2.19. The molecule has 1 aliphatic carbocycles. The molecule has 7 nitrogen and oxygen atoms in total. The van der Waals surface area contributed by atoms with E-state index in [-0.39, 0.29) is 17.5 Å². The van der Waals surface area contributed by atoms with Gasteiger partial charge in [-0.3, -0.25) is 9.48 Å². The smallest absolute Gasteiger partial charge is 0.325 e. The first kappa shape index (κ1) is 15.0. The third kappa shape index (κ3) is 3.57. The molecule has 1 heterocycles. The van der Waals surface area contributed by atoms with Crippen molar-refractivity contribution < 1.29 is 18.3 Å². The number of hydrogen-bond donors (Lipinski definition) is 2. The van der Waals surface area contributed by atoms with E-state index in [0.717, 1.165) is 30.4 Å². The summed E-state index contributed by atoms with van der Waals surface area (Å²) >= 11 is 0. The van der Waals surface area contributed by atoms with E-state index in [1.807, 2.05) is 6.92 Å². The molecule has 1 saturated carbocycles. The summed E-state index contributed by atoms with van der Waals surface area (Å²) in [7, 11) is -3.64. The van der Waals surface area contributed by atoms with Crippen molar-refractivity contribution in [2.24, 2.45) is 5.92 Å². The molecule has 2 rings (SSSR count). The van der Waals surface area contributed by atoms with Crippen LogP contribution >= 0.6 is 0 Å². The number of carboxylic acid groups (broad SMARTS) is 1. The number of rotatable bonds is 6. The van der Waals surface area contributed by atoms with Crippen LogP contribution in [0, 0.1) is 5.92 Å². The molecular formula is C12H19N3O4S. The lowest BCUT2D eigenvalue weighted by atomic mass is 10.0. The largest absolute Gasteiger partial charge is 0.480 e. The SMILES string of the molecule is C[C@H](NS(=O)(=O)c1cnn(CC(=O)O)c1)C1CCCC1. The average Bonchev–Trinajstić information content (AvgIpc) is 2.97. The highest BCUT2D eigenvalue weighted by Gasteiger charge is 2.26. The van der Waals surface area contributed by atoms with Crippen LogP contribution in [0.1, 0.15) is 32.6 Å². The first-order chi connectivity index (χ1) is 9.38. The number of nitrogens with zero attached hydrogens (tertiary/aromatic N) is 2. The zero-order valence-corrected chi connectivity index (χ0v) is 12.1. The van der Waals surface area contributed by atoms with Crippen LogP contribution in [0.15, 0.2) is 17.3 Å². The van der Waals surface area contributed by atoms with Crippen LogP contribution in [0.25, 0.3) is 0 Å². The van der Waals surface area contributed by atoms with E-state index >= 15 is 0 Å². The van der Waals surface area contributed by atoms with Gasteiger partial charge in [0.1, 0.15) is 11.4 Å². The van der Waals surface area contributed by atoms with Crippen molar-refractivity contribution in [3.8, 4) is 0 Å². The van der Waals surface area contributed by atoms with Gasteiger partial charge in [-0.15, -0.1) is 0 Å². The van der Waals surface area contributed by atoms with Gasteiger partial charge in [0.2, 0.25) is 10.0 Å². The minimum absolute atomic E-state index is 0.00333. The molecule has 0 aliphatic heterocycles. The Kier molecular flexibility index (Phi) is 4.44. The molecule has 0 bridgehead atoms. The van der Waals surface area contributed by atoms with Crippen molar-refractivity contribution in [1.29, 1.82) is 0 Å². The summed E-state index contributed by atoms with van der Waals surface area (Å²) in [5.74, 6) is -0.692. The van der Waals surface area contributed by atoms with Gasteiger partial charge < -0.3 is 5.11 Å². The molecule has 1 aromatic heterocycles. The van der Waals surface area contributed by atoms with Crippen molar-refractivity contribution in [3.63, 3.8) is 0 Å². The first-order valence-electron chi connectivity index (χ1n) is 6.65. The number of carboxylic acids is 1. The maximum Gasteiger partial charge on any atom is 0.325 e. The summed E-state index contributed by atoms with van der Waals surface area (Å²) in [6, 6.07) is -0.120. The molecule has 8 heteroatoms. The molecule has 112 valence electrons. The van der Waals surface area contributed by atoms with Crippen LogP contribution in [-0.2, 0) is 21.4 Å². The molecule has 0 unspecified atom stereocenters. The number of hydrogen-bond acceptors (Lipinski definition) is 4. The standard InChI is InChI=1S/C12H19N3O4S/c1-9(10-4-2-3-5-10)14-20(18,19)11-6-13-15(7-11)8-12(16)17/h6-7,9-10,14H,2-5,8H2,1H3,(H,16,17)/t9-/m0/s1. The van der Waals surface area contributed by atoms with E-state index in [0.29, 0.717) is 5.92 Å². The maximum atomic E-state index is 12.2. The van der Waals surface area contributed by atoms with Gasteiger partial charge >= 0.3 is 5.97 Å². The first-order valence-corrected chi connectivity index (χ1v) is 8.13. The molecule has 1 aromatic rings. The molecule has 1 fully saturated rings. The number of sulfonamides is 1. The topological polar surface area (TPSA) is 101 Å². The average molecular weight is 301 g/mol. The number of carbonyl (C=O) groups is 1. The van der Waals surface area contributed by atoms with Crippen LogP contribution in [0.3, 0.4) is 0 Å². The number of nitrogens with one attached hydrogen (secondary N) is 1. The van der Waals surface area contributed by atoms with Gasteiger partial charge in [0, 0.05) is 12.2 Å². The summed E-state index contributed by atoms with van der Waals surface area (Å²) in [4.78, 5) is 10.6. The highest BCUT2D eigenvalue weighted by atomic mass is 32.2. The summed E-state index contributed by atoms with van der Waals surface area (Å²) in [5.41, 5.74) is 0. The third-order valence-corrected chi connectivity index (χ3v) is 5.18. The van der Waals surface area contributed by atoms with E-state index in [4.69, 9.17) is 5.11 Å². The molecule has 0 saturated heterocycles. The van der Waals surface area contributed by atoms with Gasteiger partial charge in [-0.05, 0) is 25.7 Å². The van der Waals surface area contributed by atoms with E-state index in [9.17, 15) is 13.2 Å². The van der Waals surface area contributed by atoms with Crippen molar-refractivity contribution >= 4 is 16.0 Å². The zero-order valence-electron chi connectivity index (χ0n) is 11.3. The molecular weight excluding hydrogens is 282 g/mol. The van der Waals surface area contributed by atoms with E-state index < -0.39 is 16.0 Å². The molecule has 2 N–H and O–H groups in total. The van der Waals surface area contributed by atoms with Gasteiger partial charge in [-0.1, -0.05) is 12.8 Å². The molecule has 20 heavy (non-hydrogen) atoms. The molecule has 1 aliphatic rings. The maximum absolute atomic E-state index is 12.2. The van der Waals surface area contributed by atoms with Gasteiger partial charge in [-0.2, -0.15) is 5.10 Å². The lowest BCUT2D eigenvalue weighted by Crippen LogP contribution is -2.37. The molecule has 0 amide bonds. The second-order valence-corrected chi connectivity index (χ2v) is 6.94. The monoisotopic (exact) mass is 301 g/mol. The predicted molar refractivity (Wildman–Crippen MR) is 71.6 cm³/mol. The van der Waals surface area contributed by atoms with Crippen LogP contribution in [0.4, 0.5) is 0 Å². The fourth-order valence-corrected chi connectivity index (χ4v) is 3.84. The summed E-state index contributed by atoms with van der Waals surface area (Å²) < 4.78 is 28.1. The predicted octanol–water partition coefficient (Wildman–Crippen LogP) is 0.825. The fourth-order valence-electron chi connectivity index (χ4n) is 2.57. The van der Waals surface area contributed by atoms with Gasteiger partial charge in [-0.25, -0.2) is 13.1 Å². The van der Waals surface area contributed by atoms with Crippen LogP contribution in [0.2, 0.25) is 0 Å². The minimum atomic E-state index is -3.64. The highest BCUT2D eigenvalue weighted by Crippen LogP contribution is 2.28. The summed E-state index contributed by atoms with van der Waals surface area (Å²) in [6.07, 6.45) is 6.79. The highest BCUT2D eigenvalue weighted by molar-refractivity contribution is 7.89. The zero-order chi connectivity index (χ0) is 14.8. The normalized spacial score (nSPS) is 18.2. The van der Waals surface area contributed by atoms with E-state index in [2.05, 4.69) is 9.82 Å². The van der Waals surface area contributed by atoms with Gasteiger partial charge in [0.25, 0.3) is 0 Å². The number of aliphatic carboxylic acids is 1. The number of aromatic nitrogens is 2. The Morgan fingerprint density at radius 3 is 2.80 bits per heavy atom. The Bertz CT molecular complexity index is 575. The fraction of sp³-hybridized carbons (Fsp3) is 0.667. The molecule has 0 radical (unpaired) electrons. The van der Waals surface area contributed by atoms with Crippen LogP contribution in [0.5, 0.6) is 0 Å². The molecule has 0 aromatic carbocycles. The Morgan fingerprint density at radius 1 is 1.55 bits per heavy atom. The summed E-state index contributed by atoms with van der Waals surface area (Å²) in [5, 5.41) is 12.4. The van der Waals surface area contributed by atoms with Crippen molar-refractivity contribution in [2.75, 3.05) is 0 Å².